The van der Waals surface area contributed by atoms with Gasteiger partial charge in [-0.3, -0.25) is 9.59 Å². The summed E-state index contributed by atoms with van der Waals surface area (Å²) in [5.74, 6) is 4.59. The summed E-state index contributed by atoms with van der Waals surface area (Å²) in [4.78, 5) is 25.7. The molecule has 0 spiro atoms. The molecule has 8 atom stereocenters. The van der Waals surface area contributed by atoms with Gasteiger partial charge in [0, 0.05) is 11.8 Å². The SMILES string of the molecule is C[C@]12CCC(=O)C=C1[C@@H]1C[C@@H]1C1C2CC[C@]2(C)C(=O)C(SOc3ccccc3)CC12. The minimum Gasteiger partial charge on any atom is -0.425 e. The number of ketones is 2. The van der Waals surface area contributed by atoms with Crippen molar-refractivity contribution in [2.75, 3.05) is 0 Å². The molecule has 158 valence electrons. The van der Waals surface area contributed by atoms with Crippen molar-refractivity contribution in [3.8, 4) is 5.75 Å². The van der Waals surface area contributed by atoms with Gasteiger partial charge in [-0.15, -0.1) is 0 Å². The summed E-state index contributed by atoms with van der Waals surface area (Å²) in [6.45, 7) is 4.68. The Hall–Kier alpha value is -1.55. The number of rotatable bonds is 3. The van der Waals surface area contributed by atoms with Gasteiger partial charge in [-0.25, -0.2) is 0 Å². The lowest BCUT2D eigenvalue weighted by molar-refractivity contribution is -0.132. The maximum atomic E-state index is 13.5. The molecule has 0 radical (unpaired) electrons. The molecule has 4 unspecified atom stereocenters. The summed E-state index contributed by atoms with van der Waals surface area (Å²) in [5, 5.41) is -0.0613. The third-order valence-electron chi connectivity index (χ3n) is 9.47. The van der Waals surface area contributed by atoms with Crippen LogP contribution in [-0.2, 0) is 9.59 Å². The van der Waals surface area contributed by atoms with E-state index < -0.39 is 0 Å². The second-order valence-corrected chi connectivity index (χ2v) is 11.7. The van der Waals surface area contributed by atoms with Gasteiger partial charge in [-0.05, 0) is 85.3 Å². The summed E-state index contributed by atoms with van der Waals surface area (Å²) in [5.41, 5.74) is 1.44. The molecule has 0 heterocycles. The number of hydrogen-bond donors (Lipinski definition) is 0. The first kappa shape index (κ1) is 19.2. The molecule has 30 heavy (non-hydrogen) atoms. The second-order valence-electron chi connectivity index (χ2n) is 10.8. The maximum Gasteiger partial charge on any atom is 0.155 e. The van der Waals surface area contributed by atoms with E-state index in [9.17, 15) is 9.59 Å². The standard InChI is InChI=1S/C26H30O3S/c1-25-10-8-15(27)12-20(25)17-13-18(17)23-19(25)9-11-26(2)21(23)14-22(24(26)28)30-29-16-6-4-3-5-7-16/h3-7,12,17-19,21-23H,8-11,13-14H2,1-2H3/t17-,18+,19?,21?,22?,23?,25-,26+/m1/s1. The van der Waals surface area contributed by atoms with Crippen molar-refractivity contribution < 1.29 is 13.8 Å². The lowest BCUT2D eigenvalue weighted by Crippen LogP contribution is -2.51. The van der Waals surface area contributed by atoms with Crippen LogP contribution in [0.15, 0.2) is 42.0 Å². The average Bonchev–Trinajstić information content (AvgIpc) is 3.49. The third-order valence-corrected chi connectivity index (χ3v) is 10.4. The van der Waals surface area contributed by atoms with Crippen LogP contribution in [0.5, 0.6) is 5.75 Å². The van der Waals surface area contributed by atoms with E-state index in [1.165, 1.54) is 24.0 Å². The first-order valence-corrected chi connectivity index (χ1v) is 12.4. The molecule has 4 saturated carbocycles. The van der Waals surface area contributed by atoms with Gasteiger partial charge >= 0.3 is 0 Å². The van der Waals surface area contributed by atoms with Crippen LogP contribution in [0.2, 0.25) is 0 Å². The van der Waals surface area contributed by atoms with Crippen LogP contribution < -0.4 is 4.18 Å². The van der Waals surface area contributed by atoms with E-state index in [2.05, 4.69) is 13.8 Å². The third kappa shape index (κ3) is 2.58. The number of fused-ring (bicyclic) bond motifs is 8. The van der Waals surface area contributed by atoms with Crippen LogP contribution in [0.1, 0.15) is 52.4 Å². The van der Waals surface area contributed by atoms with Crippen LogP contribution in [0.25, 0.3) is 0 Å². The minimum absolute atomic E-state index is 0.0613. The fourth-order valence-electron chi connectivity index (χ4n) is 7.85. The first-order valence-electron chi connectivity index (χ1n) is 11.6. The molecule has 1 aromatic rings. The van der Waals surface area contributed by atoms with Gasteiger partial charge in [-0.1, -0.05) is 37.6 Å². The average molecular weight is 423 g/mol. The zero-order valence-corrected chi connectivity index (χ0v) is 18.6. The topological polar surface area (TPSA) is 43.4 Å². The zero-order chi connectivity index (χ0) is 20.7. The van der Waals surface area contributed by atoms with Crippen molar-refractivity contribution in [3.05, 3.63) is 42.0 Å². The summed E-state index contributed by atoms with van der Waals surface area (Å²) < 4.78 is 5.95. The largest absolute Gasteiger partial charge is 0.425 e. The molecule has 6 rings (SSSR count). The lowest BCUT2D eigenvalue weighted by Gasteiger charge is -2.56. The summed E-state index contributed by atoms with van der Waals surface area (Å²) in [6.07, 6.45) is 8.03. The van der Waals surface area contributed by atoms with Crippen LogP contribution in [0.3, 0.4) is 0 Å². The van der Waals surface area contributed by atoms with Crippen molar-refractivity contribution in [3.63, 3.8) is 0 Å². The predicted molar refractivity (Wildman–Crippen MR) is 118 cm³/mol. The van der Waals surface area contributed by atoms with Crippen molar-refractivity contribution >= 4 is 23.6 Å². The fraction of sp³-hybridized carbons (Fsp3) is 0.615. The summed E-state index contributed by atoms with van der Waals surface area (Å²) in [6, 6.07) is 9.81. The van der Waals surface area contributed by atoms with E-state index in [4.69, 9.17) is 4.18 Å². The molecule has 0 amide bonds. The van der Waals surface area contributed by atoms with E-state index >= 15 is 0 Å². The highest BCUT2D eigenvalue weighted by Crippen LogP contribution is 2.73. The second kappa shape index (κ2) is 6.48. The van der Waals surface area contributed by atoms with Crippen LogP contribution in [0, 0.1) is 40.4 Å². The summed E-state index contributed by atoms with van der Waals surface area (Å²) in [7, 11) is 0. The number of allylic oxidation sites excluding steroid dienone is 1. The smallest absolute Gasteiger partial charge is 0.155 e. The van der Waals surface area contributed by atoms with E-state index in [1.807, 2.05) is 36.4 Å². The maximum absolute atomic E-state index is 13.5. The molecule has 0 bridgehead atoms. The van der Waals surface area contributed by atoms with E-state index in [0.717, 1.165) is 31.4 Å². The summed E-state index contributed by atoms with van der Waals surface area (Å²) >= 11 is 1.38. The number of Topliss-reactive ketones (excluding diaryl/α,β-unsaturated/α-hetero) is 1. The van der Waals surface area contributed by atoms with Crippen LogP contribution >= 0.6 is 12.0 Å². The van der Waals surface area contributed by atoms with E-state index in [-0.39, 0.29) is 16.1 Å². The highest BCUT2D eigenvalue weighted by molar-refractivity contribution is 7.96. The molecule has 4 heteroatoms. The number of hydrogen-bond acceptors (Lipinski definition) is 4. The van der Waals surface area contributed by atoms with E-state index in [1.54, 1.807) is 0 Å². The monoisotopic (exact) mass is 422 g/mol. The Labute approximate surface area is 183 Å². The lowest BCUT2D eigenvalue weighted by atomic mass is 9.47. The van der Waals surface area contributed by atoms with Crippen molar-refractivity contribution in [1.29, 1.82) is 0 Å². The van der Waals surface area contributed by atoms with Gasteiger partial charge < -0.3 is 4.18 Å². The van der Waals surface area contributed by atoms with Gasteiger partial charge in [0.2, 0.25) is 0 Å². The Morgan fingerprint density at radius 2 is 1.80 bits per heavy atom. The Morgan fingerprint density at radius 3 is 2.60 bits per heavy atom. The molecule has 0 aliphatic heterocycles. The fourth-order valence-corrected chi connectivity index (χ4v) is 8.83. The molecule has 5 aliphatic rings. The van der Waals surface area contributed by atoms with Crippen molar-refractivity contribution in [2.45, 2.75) is 57.6 Å². The molecule has 0 N–H and O–H groups in total. The molecule has 0 saturated heterocycles. The Balaban J connectivity index is 1.28. The van der Waals surface area contributed by atoms with Crippen LogP contribution in [-0.4, -0.2) is 16.8 Å². The molecule has 4 fully saturated rings. The Morgan fingerprint density at radius 1 is 1.00 bits per heavy atom. The molecular weight excluding hydrogens is 392 g/mol. The quantitative estimate of drug-likeness (QED) is 0.591. The molecule has 1 aromatic carbocycles. The minimum atomic E-state index is -0.200. The van der Waals surface area contributed by atoms with E-state index in [0.29, 0.717) is 47.6 Å². The van der Waals surface area contributed by atoms with Crippen molar-refractivity contribution in [1.82, 2.24) is 0 Å². The Bertz CT molecular complexity index is 939. The highest BCUT2D eigenvalue weighted by Gasteiger charge is 2.68. The van der Waals surface area contributed by atoms with Gasteiger partial charge in [0.1, 0.15) is 11.0 Å². The van der Waals surface area contributed by atoms with Gasteiger partial charge in [0.05, 0.1) is 12.0 Å². The Kier molecular flexibility index (Phi) is 4.14. The predicted octanol–water partition coefficient (Wildman–Crippen LogP) is 5.65. The molecule has 5 aliphatic carbocycles. The van der Waals surface area contributed by atoms with Gasteiger partial charge in [-0.2, -0.15) is 0 Å². The zero-order valence-electron chi connectivity index (χ0n) is 17.8. The normalized spacial score (nSPS) is 46.3. The number of para-hydroxylation sites is 1. The number of carbonyl (C=O) groups excluding carboxylic acids is 2. The first-order chi connectivity index (χ1) is 14.4. The van der Waals surface area contributed by atoms with Gasteiger partial charge in [0.15, 0.2) is 11.6 Å². The molecular formula is C26H30O3S. The van der Waals surface area contributed by atoms with Gasteiger partial charge in [0.25, 0.3) is 0 Å². The van der Waals surface area contributed by atoms with Crippen LogP contribution in [0.4, 0.5) is 0 Å². The number of benzene rings is 1. The molecule has 0 aromatic heterocycles. The van der Waals surface area contributed by atoms with Crippen molar-refractivity contribution in [2.24, 2.45) is 40.4 Å². The molecule has 3 nitrogen and oxygen atoms in total. The highest BCUT2D eigenvalue weighted by atomic mass is 32.2. The number of carbonyl (C=O) groups is 2.